The number of nitrogens with one attached hydrogen (secondary N) is 1. The highest BCUT2D eigenvalue weighted by Crippen LogP contribution is 2.34. The molecule has 0 fully saturated rings. The van der Waals surface area contributed by atoms with Gasteiger partial charge < -0.3 is 14.8 Å². The highest BCUT2D eigenvalue weighted by Gasteiger charge is 2.26. The smallest absolute Gasteiger partial charge is 0.124 e. The number of ether oxygens (including phenoxy) is 2. The zero-order chi connectivity index (χ0) is 13.5. The Morgan fingerprint density at radius 3 is 3.00 bits per heavy atom. The second-order valence-electron chi connectivity index (χ2n) is 5.22. The molecular weight excluding hydrogens is 238 g/mol. The first-order chi connectivity index (χ1) is 9.33. The molecule has 1 N–H and O–H groups in total. The van der Waals surface area contributed by atoms with Gasteiger partial charge in [-0.15, -0.1) is 0 Å². The molecule has 3 nitrogen and oxygen atoms in total. The van der Waals surface area contributed by atoms with Crippen LogP contribution in [0.1, 0.15) is 38.3 Å². The van der Waals surface area contributed by atoms with E-state index in [0.29, 0.717) is 12.0 Å². The summed E-state index contributed by atoms with van der Waals surface area (Å²) in [6.45, 7) is 7.88. The number of benzene rings is 1. The van der Waals surface area contributed by atoms with Crippen LogP contribution in [0.25, 0.3) is 0 Å². The van der Waals surface area contributed by atoms with E-state index in [0.717, 1.165) is 45.0 Å². The predicted molar refractivity (Wildman–Crippen MR) is 77.6 cm³/mol. The van der Waals surface area contributed by atoms with Crippen molar-refractivity contribution in [1.29, 1.82) is 0 Å². The van der Waals surface area contributed by atoms with Crippen LogP contribution >= 0.6 is 0 Å². The van der Waals surface area contributed by atoms with Crippen LogP contribution in [-0.4, -0.2) is 26.4 Å². The lowest BCUT2D eigenvalue weighted by atomic mass is 9.92. The lowest BCUT2D eigenvalue weighted by molar-refractivity contribution is 0.129. The summed E-state index contributed by atoms with van der Waals surface area (Å²) in [5, 5.41) is 3.64. The van der Waals surface area contributed by atoms with Crippen molar-refractivity contribution in [3.8, 4) is 5.75 Å². The molecule has 0 radical (unpaired) electrons. The average molecular weight is 263 g/mol. The minimum atomic E-state index is 0.399. The number of hydrogen-bond acceptors (Lipinski definition) is 3. The minimum Gasteiger partial charge on any atom is -0.493 e. The molecule has 0 saturated carbocycles. The molecule has 2 rings (SSSR count). The normalized spacial score (nSPS) is 21.8. The van der Waals surface area contributed by atoms with E-state index in [1.807, 2.05) is 6.07 Å². The highest BCUT2D eigenvalue weighted by molar-refractivity contribution is 5.37. The van der Waals surface area contributed by atoms with Gasteiger partial charge in [0.25, 0.3) is 0 Å². The van der Waals surface area contributed by atoms with Gasteiger partial charge in [-0.2, -0.15) is 0 Å². The molecule has 0 aromatic heterocycles. The van der Waals surface area contributed by atoms with E-state index in [1.165, 1.54) is 5.56 Å². The molecule has 106 valence electrons. The Morgan fingerprint density at radius 1 is 1.32 bits per heavy atom. The van der Waals surface area contributed by atoms with Crippen LogP contribution in [0.2, 0.25) is 0 Å². The molecule has 0 saturated heterocycles. The number of fused-ring (bicyclic) bond motifs is 1. The number of hydrogen-bond donors (Lipinski definition) is 1. The van der Waals surface area contributed by atoms with E-state index in [4.69, 9.17) is 9.47 Å². The molecule has 3 heteroatoms. The van der Waals surface area contributed by atoms with Crippen molar-refractivity contribution in [3.05, 3.63) is 29.8 Å². The van der Waals surface area contributed by atoms with Crippen LogP contribution in [0.15, 0.2) is 24.3 Å². The van der Waals surface area contributed by atoms with Crippen molar-refractivity contribution in [3.63, 3.8) is 0 Å². The maximum atomic E-state index is 5.76. The third-order valence-corrected chi connectivity index (χ3v) is 3.50. The molecule has 1 aliphatic rings. The standard InChI is InChI=1S/C16H25NO2/c1-3-10-18-11-6-9-17-16-13(2)12-19-15-8-5-4-7-14(15)16/h4-5,7-8,13,16-17H,3,6,9-12H2,1-2H3. The molecule has 1 aromatic carbocycles. The van der Waals surface area contributed by atoms with Crippen LogP contribution in [0.4, 0.5) is 0 Å². The molecule has 0 spiro atoms. The summed E-state index contributed by atoms with van der Waals surface area (Å²) in [5.41, 5.74) is 1.29. The van der Waals surface area contributed by atoms with Gasteiger partial charge in [0, 0.05) is 30.7 Å². The Balaban J connectivity index is 1.82. The molecule has 1 aliphatic heterocycles. The summed E-state index contributed by atoms with van der Waals surface area (Å²) in [6, 6.07) is 8.73. The molecule has 1 heterocycles. The van der Waals surface area contributed by atoms with E-state index in [-0.39, 0.29) is 0 Å². The monoisotopic (exact) mass is 263 g/mol. The first-order valence-corrected chi connectivity index (χ1v) is 7.35. The third kappa shape index (κ3) is 3.95. The third-order valence-electron chi connectivity index (χ3n) is 3.50. The van der Waals surface area contributed by atoms with Crippen molar-refractivity contribution in [2.24, 2.45) is 5.92 Å². The molecule has 19 heavy (non-hydrogen) atoms. The van der Waals surface area contributed by atoms with E-state index in [1.54, 1.807) is 0 Å². The Labute approximate surface area is 116 Å². The zero-order valence-corrected chi connectivity index (χ0v) is 12.0. The van der Waals surface area contributed by atoms with Crippen molar-refractivity contribution < 1.29 is 9.47 Å². The maximum absolute atomic E-state index is 5.76. The largest absolute Gasteiger partial charge is 0.493 e. The molecule has 2 atom stereocenters. The van der Waals surface area contributed by atoms with Crippen LogP contribution < -0.4 is 10.1 Å². The second-order valence-corrected chi connectivity index (χ2v) is 5.22. The Kier molecular flexibility index (Phi) is 5.67. The summed E-state index contributed by atoms with van der Waals surface area (Å²) < 4.78 is 11.3. The number of rotatable bonds is 7. The quantitative estimate of drug-likeness (QED) is 0.767. The van der Waals surface area contributed by atoms with Crippen LogP contribution in [-0.2, 0) is 4.74 Å². The van der Waals surface area contributed by atoms with Gasteiger partial charge in [-0.3, -0.25) is 0 Å². The van der Waals surface area contributed by atoms with Gasteiger partial charge in [0.1, 0.15) is 5.75 Å². The summed E-state index contributed by atoms with van der Waals surface area (Å²) >= 11 is 0. The van der Waals surface area contributed by atoms with Gasteiger partial charge in [0.2, 0.25) is 0 Å². The molecular formula is C16H25NO2. The summed E-state index contributed by atoms with van der Waals surface area (Å²) in [7, 11) is 0. The van der Waals surface area contributed by atoms with Crippen molar-refractivity contribution >= 4 is 0 Å². The van der Waals surface area contributed by atoms with E-state index >= 15 is 0 Å². The van der Waals surface area contributed by atoms with E-state index < -0.39 is 0 Å². The predicted octanol–water partition coefficient (Wildman–Crippen LogP) is 3.16. The fraction of sp³-hybridized carbons (Fsp3) is 0.625. The fourth-order valence-electron chi connectivity index (χ4n) is 2.48. The van der Waals surface area contributed by atoms with Crippen molar-refractivity contribution in [2.75, 3.05) is 26.4 Å². The topological polar surface area (TPSA) is 30.5 Å². The Bertz CT molecular complexity index is 381. The molecule has 0 amide bonds. The van der Waals surface area contributed by atoms with Gasteiger partial charge in [-0.05, 0) is 25.5 Å². The van der Waals surface area contributed by atoms with Crippen LogP contribution in [0.3, 0.4) is 0 Å². The maximum Gasteiger partial charge on any atom is 0.124 e. The Morgan fingerprint density at radius 2 is 2.16 bits per heavy atom. The SMILES string of the molecule is CCCOCCCNC1c2ccccc2OCC1C. The summed E-state index contributed by atoms with van der Waals surface area (Å²) in [6.07, 6.45) is 2.16. The molecule has 0 bridgehead atoms. The lowest BCUT2D eigenvalue weighted by Crippen LogP contribution is -2.34. The van der Waals surface area contributed by atoms with Crippen molar-refractivity contribution in [2.45, 2.75) is 32.7 Å². The van der Waals surface area contributed by atoms with E-state index in [2.05, 4.69) is 37.4 Å². The Hall–Kier alpha value is -1.06. The lowest BCUT2D eigenvalue weighted by Gasteiger charge is -2.32. The highest BCUT2D eigenvalue weighted by atomic mass is 16.5. The fourth-order valence-corrected chi connectivity index (χ4v) is 2.48. The summed E-state index contributed by atoms with van der Waals surface area (Å²) in [5.74, 6) is 1.53. The minimum absolute atomic E-state index is 0.399. The van der Waals surface area contributed by atoms with Gasteiger partial charge in [-0.1, -0.05) is 32.0 Å². The zero-order valence-electron chi connectivity index (χ0n) is 12.0. The molecule has 0 aliphatic carbocycles. The van der Waals surface area contributed by atoms with Gasteiger partial charge >= 0.3 is 0 Å². The van der Waals surface area contributed by atoms with Gasteiger partial charge in [0.15, 0.2) is 0 Å². The van der Waals surface area contributed by atoms with Crippen molar-refractivity contribution in [1.82, 2.24) is 5.32 Å². The van der Waals surface area contributed by atoms with E-state index in [9.17, 15) is 0 Å². The molecule has 1 aromatic rings. The first-order valence-electron chi connectivity index (χ1n) is 7.35. The van der Waals surface area contributed by atoms with Crippen LogP contribution in [0.5, 0.6) is 5.75 Å². The van der Waals surface area contributed by atoms with Crippen LogP contribution in [0, 0.1) is 5.92 Å². The average Bonchev–Trinajstić information content (AvgIpc) is 2.44. The first kappa shape index (κ1) is 14.4. The second kappa shape index (κ2) is 7.51. The van der Waals surface area contributed by atoms with Gasteiger partial charge in [-0.25, -0.2) is 0 Å². The number of para-hydroxylation sites is 1. The van der Waals surface area contributed by atoms with Gasteiger partial charge in [0.05, 0.1) is 6.61 Å². The summed E-state index contributed by atoms with van der Waals surface area (Å²) in [4.78, 5) is 0. The molecule has 2 unspecified atom stereocenters.